The van der Waals surface area contributed by atoms with Gasteiger partial charge in [0.15, 0.2) is 6.30 Å². The number of nitrogens with zero attached hydrogens (tertiary/aromatic N) is 2. The Morgan fingerprint density at radius 3 is 2.79 bits per heavy atom. The molecule has 2 saturated heterocycles. The van der Waals surface area contributed by atoms with Crippen LogP contribution in [0.2, 0.25) is 0 Å². The highest BCUT2D eigenvalue weighted by molar-refractivity contribution is 5.73. The normalized spacial score (nSPS) is 27.8. The maximum atomic E-state index is 14.3. The van der Waals surface area contributed by atoms with E-state index in [0.717, 1.165) is 5.56 Å². The highest BCUT2D eigenvalue weighted by Crippen LogP contribution is 2.35. The molecule has 7 nitrogen and oxygen atoms in total. The maximum Gasteiger partial charge on any atom is 0.425 e. The summed E-state index contributed by atoms with van der Waals surface area (Å²) in [5.41, 5.74) is 0.817. The number of rotatable bonds is 4. The van der Waals surface area contributed by atoms with Gasteiger partial charge in [-0.1, -0.05) is 30.3 Å². The Bertz CT molecular complexity index is 600. The minimum atomic E-state index is -1.42. The molecule has 3 atom stereocenters. The maximum absolute atomic E-state index is 14.3. The Balaban J connectivity index is 1.89. The largest absolute Gasteiger partial charge is 0.441 e. The van der Waals surface area contributed by atoms with Crippen LogP contribution in [0.1, 0.15) is 18.5 Å². The van der Waals surface area contributed by atoms with Crippen molar-refractivity contribution in [2.75, 3.05) is 26.3 Å². The minimum Gasteiger partial charge on any atom is -0.441 e. The average molecular weight is 337 g/mol. The van der Waals surface area contributed by atoms with E-state index in [9.17, 15) is 14.0 Å². The summed E-state index contributed by atoms with van der Waals surface area (Å²) in [7, 11) is 0. The fraction of sp³-hybridized carbons (Fsp3) is 0.500. The van der Waals surface area contributed by atoms with Crippen molar-refractivity contribution in [3.8, 4) is 0 Å². The van der Waals surface area contributed by atoms with Crippen LogP contribution < -0.4 is 5.32 Å². The van der Waals surface area contributed by atoms with Crippen LogP contribution in [0.25, 0.3) is 0 Å². The molecule has 1 N–H and O–H groups in total. The lowest BCUT2D eigenvalue weighted by molar-refractivity contribution is -0.156. The van der Waals surface area contributed by atoms with Crippen molar-refractivity contribution in [1.29, 1.82) is 0 Å². The van der Waals surface area contributed by atoms with Gasteiger partial charge in [-0.25, -0.2) is 14.2 Å². The molecule has 8 heteroatoms. The van der Waals surface area contributed by atoms with Crippen LogP contribution in [-0.2, 0) is 14.3 Å². The second kappa shape index (κ2) is 7.14. The molecule has 1 aromatic rings. The van der Waals surface area contributed by atoms with Crippen LogP contribution in [-0.4, -0.2) is 60.7 Å². The van der Waals surface area contributed by atoms with Crippen molar-refractivity contribution in [1.82, 2.24) is 15.3 Å². The SMILES string of the molecule is CC(=O)NCC1OC(=O)N(N2CCOCC2F)C1c1ccccc1. The van der Waals surface area contributed by atoms with Crippen molar-refractivity contribution in [2.24, 2.45) is 0 Å². The van der Waals surface area contributed by atoms with Crippen LogP contribution in [0.4, 0.5) is 9.18 Å². The molecule has 0 saturated carbocycles. The van der Waals surface area contributed by atoms with E-state index < -0.39 is 24.5 Å². The molecule has 2 amide bonds. The number of cyclic esters (lactones) is 1. The van der Waals surface area contributed by atoms with E-state index >= 15 is 0 Å². The fourth-order valence-electron chi connectivity index (χ4n) is 2.99. The van der Waals surface area contributed by atoms with Crippen LogP contribution in [0.15, 0.2) is 30.3 Å². The number of ether oxygens (including phenoxy) is 2. The number of alkyl halides is 1. The number of morpholine rings is 1. The number of carbonyl (C=O) groups excluding carboxylic acids is 2. The molecule has 2 aliphatic rings. The summed E-state index contributed by atoms with van der Waals surface area (Å²) >= 11 is 0. The number of hydrogen-bond donors (Lipinski definition) is 1. The molecule has 0 bridgehead atoms. The third kappa shape index (κ3) is 3.34. The van der Waals surface area contributed by atoms with E-state index in [1.165, 1.54) is 16.9 Å². The molecule has 3 rings (SSSR count). The number of carbonyl (C=O) groups is 2. The van der Waals surface area contributed by atoms with Gasteiger partial charge in [-0.3, -0.25) is 4.79 Å². The molecule has 2 heterocycles. The molecule has 0 aromatic heterocycles. The number of hydrogen-bond acceptors (Lipinski definition) is 5. The lowest BCUT2D eigenvalue weighted by Gasteiger charge is -2.39. The molecule has 3 unspecified atom stereocenters. The number of halogens is 1. The van der Waals surface area contributed by atoms with Crippen molar-refractivity contribution >= 4 is 12.0 Å². The van der Waals surface area contributed by atoms with Gasteiger partial charge in [0.25, 0.3) is 0 Å². The molecule has 0 spiro atoms. The topological polar surface area (TPSA) is 71.1 Å². The third-order valence-corrected chi connectivity index (χ3v) is 4.07. The van der Waals surface area contributed by atoms with Crippen LogP contribution >= 0.6 is 0 Å². The van der Waals surface area contributed by atoms with Crippen molar-refractivity contribution in [3.05, 3.63) is 35.9 Å². The predicted molar refractivity (Wildman–Crippen MR) is 82.4 cm³/mol. The molecule has 0 aliphatic carbocycles. The van der Waals surface area contributed by atoms with Crippen LogP contribution in [0.3, 0.4) is 0 Å². The van der Waals surface area contributed by atoms with Gasteiger partial charge in [0, 0.05) is 13.5 Å². The summed E-state index contributed by atoms with van der Waals surface area (Å²) in [6.07, 6.45) is -2.64. The highest BCUT2D eigenvalue weighted by Gasteiger charge is 2.48. The van der Waals surface area contributed by atoms with Crippen LogP contribution in [0, 0.1) is 0 Å². The quantitative estimate of drug-likeness (QED) is 0.837. The van der Waals surface area contributed by atoms with Gasteiger partial charge in [0.05, 0.1) is 19.8 Å². The molecule has 2 fully saturated rings. The fourth-order valence-corrected chi connectivity index (χ4v) is 2.99. The molecular formula is C16H20FN3O4. The number of hydrazine groups is 1. The third-order valence-electron chi connectivity index (χ3n) is 4.07. The zero-order valence-corrected chi connectivity index (χ0v) is 13.4. The van der Waals surface area contributed by atoms with Gasteiger partial charge in [-0.15, -0.1) is 0 Å². The van der Waals surface area contributed by atoms with E-state index in [1.807, 2.05) is 30.3 Å². The Morgan fingerprint density at radius 2 is 2.12 bits per heavy atom. The molecule has 0 radical (unpaired) electrons. The van der Waals surface area contributed by atoms with E-state index in [-0.39, 0.29) is 25.6 Å². The Morgan fingerprint density at radius 1 is 1.38 bits per heavy atom. The number of benzene rings is 1. The van der Waals surface area contributed by atoms with E-state index in [0.29, 0.717) is 6.61 Å². The smallest absolute Gasteiger partial charge is 0.425 e. The molecule has 24 heavy (non-hydrogen) atoms. The standard InChI is InChI=1S/C16H20FN3O4/c1-11(21)18-9-13-15(12-5-3-2-4-6-12)20(16(22)24-13)19-7-8-23-10-14(19)17/h2-6,13-15H,7-10H2,1H3,(H,18,21). The molecule has 130 valence electrons. The van der Waals surface area contributed by atoms with E-state index in [1.54, 1.807) is 0 Å². The summed E-state index contributed by atoms with van der Waals surface area (Å²) < 4.78 is 24.8. The first kappa shape index (κ1) is 16.7. The van der Waals surface area contributed by atoms with E-state index in [2.05, 4.69) is 5.32 Å². The summed E-state index contributed by atoms with van der Waals surface area (Å²) in [6, 6.07) is 8.75. The van der Waals surface area contributed by atoms with Crippen molar-refractivity contribution in [2.45, 2.75) is 25.4 Å². The predicted octanol–water partition coefficient (Wildman–Crippen LogP) is 1.23. The Labute approximate surface area is 139 Å². The average Bonchev–Trinajstić information content (AvgIpc) is 2.90. The monoisotopic (exact) mass is 337 g/mol. The Hall–Kier alpha value is -2.19. The molecular weight excluding hydrogens is 317 g/mol. The summed E-state index contributed by atoms with van der Waals surface area (Å²) in [5.74, 6) is -0.217. The van der Waals surface area contributed by atoms with Crippen molar-refractivity contribution in [3.63, 3.8) is 0 Å². The number of amides is 2. The first-order chi connectivity index (χ1) is 11.6. The van der Waals surface area contributed by atoms with Gasteiger partial charge < -0.3 is 14.8 Å². The summed E-state index contributed by atoms with van der Waals surface area (Å²) in [4.78, 5) is 23.6. The summed E-state index contributed by atoms with van der Waals surface area (Å²) in [5, 5.41) is 5.32. The second-order valence-electron chi connectivity index (χ2n) is 5.73. The minimum absolute atomic E-state index is 0.0956. The zero-order valence-electron chi connectivity index (χ0n) is 13.4. The lowest BCUT2D eigenvalue weighted by atomic mass is 10.0. The second-order valence-corrected chi connectivity index (χ2v) is 5.73. The number of nitrogens with one attached hydrogen (secondary N) is 1. The zero-order chi connectivity index (χ0) is 17.1. The first-order valence-electron chi connectivity index (χ1n) is 7.85. The Kier molecular flexibility index (Phi) is 4.96. The molecule has 1 aromatic carbocycles. The van der Waals surface area contributed by atoms with Crippen molar-refractivity contribution < 1.29 is 23.5 Å². The van der Waals surface area contributed by atoms with Gasteiger partial charge in [0.1, 0.15) is 12.1 Å². The summed E-state index contributed by atoms with van der Waals surface area (Å²) in [6.45, 7) is 2.06. The van der Waals surface area contributed by atoms with E-state index in [4.69, 9.17) is 9.47 Å². The van der Waals surface area contributed by atoms with Crippen LogP contribution in [0.5, 0.6) is 0 Å². The first-order valence-corrected chi connectivity index (χ1v) is 7.85. The van der Waals surface area contributed by atoms with Gasteiger partial charge in [0.2, 0.25) is 5.91 Å². The van der Waals surface area contributed by atoms with Gasteiger partial charge in [-0.05, 0) is 5.56 Å². The van der Waals surface area contributed by atoms with Gasteiger partial charge in [-0.2, -0.15) is 5.01 Å². The highest BCUT2D eigenvalue weighted by atomic mass is 19.1. The van der Waals surface area contributed by atoms with Gasteiger partial charge >= 0.3 is 6.09 Å². The molecule has 2 aliphatic heterocycles. The lowest BCUT2D eigenvalue weighted by Crippen LogP contribution is -2.54.